The minimum Gasteiger partial charge on any atom is -0.478 e. The van der Waals surface area contributed by atoms with Crippen LogP contribution in [0.25, 0.3) is 10.9 Å². The van der Waals surface area contributed by atoms with Crippen LogP contribution in [0.4, 0.5) is 27.9 Å². The molecule has 1 aromatic carbocycles. The number of rotatable bonds is 5. The summed E-state index contributed by atoms with van der Waals surface area (Å²) in [6.07, 6.45) is -0.563. The molecule has 4 rings (SSSR count). The van der Waals surface area contributed by atoms with Crippen LogP contribution >= 0.6 is 0 Å². The molecule has 36 heavy (non-hydrogen) atoms. The molecular weight excluding hydrogens is 487 g/mol. The summed E-state index contributed by atoms with van der Waals surface area (Å²) in [5.74, 6) is -3.90. The summed E-state index contributed by atoms with van der Waals surface area (Å²) in [4.78, 5) is 30.8. The van der Waals surface area contributed by atoms with Crippen LogP contribution in [0.5, 0.6) is 0 Å². The van der Waals surface area contributed by atoms with E-state index < -0.39 is 54.1 Å². The summed E-state index contributed by atoms with van der Waals surface area (Å²) < 4.78 is 69.6. The van der Waals surface area contributed by atoms with Crippen molar-refractivity contribution in [3.05, 3.63) is 57.4 Å². The Labute approximate surface area is 202 Å². The number of hydrogen-bond acceptors (Lipinski definition) is 5. The molecule has 7 nitrogen and oxygen atoms in total. The van der Waals surface area contributed by atoms with Gasteiger partial charge in [-0.2, -0.15) is 13.2 Å². The van der Waals surface area contributed by atoms with Crippen LogP contribution < -0.4 is 15.8 Å². The summed E-state index contributed by atoms with van der Waals surface area (Å²) in [5.41, 5.74) is -1.66. The lowest BCUT2D eigenvalue weighted by molar-refractivity contribution is -0.137. The maximum atomic E-state index is 13.7. The minimum atomic E-state index is -4.75. The van der Waals surface area contributed by atoms with E-state index in [2.05, 4.69) is 10.3 Å². The van der Waals surface area contributed by atoms with Crippen LogP contribution in [0, 0.1) is 0 Å². The normalized spacial score (nSPS) is 20.9. The Balaban J connectivity index is 1.83. The molecule has 0 amide bonds. The van der Waals surface area contributed by atoms with Gasteiger partial charge in [0.1, 0.15) is 0 Å². The number of nitrogens with zero attached hydrogens (tertiary/aromatic N) is 3. The van der Waals surface area contributed by atoms with Crippen LogP contribution in [0.1, 0.15) is 43.4 Å². The molecule has 2 atom stereocenters. The lowest BCUT2D eigenvalue weighted by Gasteiger charge is -2.33. The average Bonchev–Trinajstić information content (AvgIpc) is 2.80. The van der Waals surface area contributed by atoms with Crippen molar-refractivity contribution in [2.75, 3.05) is 18.0 Å². The highest BCUT2D eigenvalue weighted by atomic mass is 19.4. The van der Waals surface area contributed by atoms with Gasteiger partial charge in [-0.1, -0.05) is 18.2 Å². The first-order valence-electron chi connectivity index (χ1n) is 11.4. The molecule has 2 aliphatic rings. The molecule has 2 heterocycles. The van der Waals surface area contributed by atoms with Gasteiger partial charge in [0.25, 0.3) is 11.5 Å². The van der Waals surface area contributed by atoms with Gasteiger partial charge in [0.15, 0.2) is 0 Å². The summed E-state index contributed by atoms with van der Waals surface area (Å²) >= 11 is 0. The molecule has 0 saturated carbocycles. The van der Waals surface area contributed by atoms with E-state index in [0.717, 1.165) is 16.7 Å². The number of carboxylic acids is 1. The van der Waals surface area contributed by atoms with Crippen molar-refractivity contribution in [2.45, 2.75) is 50.4 Å². The van der Waals surface area contributed by atoms with E-state index >= 15 is 0 Å². The number of hydrogen-bond donors (Lipinski definition) is 2. The SMILES string of the molecule is C[C@@H](NC1CC=CC=C1C(=O)O)c1cc(C(F)(F)F)cc2c(=O)n(C)c(N3CCC(F)(F)CC3)nc12. The number of fused-ring (bicyclic) bond motifs is 1. The predicted molar refractivity (Wildman–Crippen MR) is 123 cm³/mol. The van der Waals surface area contributed by atoms with E-state index in [9.17, 15) is 36.6 Å². The van der Waals surface area contributed by atoms with E-state index in [1.807, 2.05) is 0 Å². The number of piperidine rings is 1. The third-order valence-corrected chi connectivity index (χ3v) is 6.62. The number of allylic oxidation sites excluding steroid dienone is 2. The number of aromatic nitrogens is 2. The summed E-state index contributed by atoms with van der Waals surface area (Å²) in [6, 6.07) is 0.124. The average molecular weight is 512 g/mol. The summed E-state index contributed by atoms with van der Waals surface area (Å²) in [6.45, 7) is 1.43. The van der Waals surface area contributed by atoms with Crippen molar-refractivity contribution in [3.63, 3.8) is 0 Å². The van der Waals surface area contributed by atoms with Crippen LogP contribution in [0.15, 0.2) is 40.7 Å². The predicted octanol–water partition coefficient (Wildman–Crippen LogP) is 4.18. The summed E-state index contributed by atoms with van der Waals surface area (Å²) in [7, 11) is 1.34. The number of halogens is 5. The quantitative estimate of drug-likeness (QED) is 0.585. The standard InChI is InChI=1S/C24H25F5N4O3/c1-13(30-18-6-4-3-5-15(18)21(35)36)16-11-14(24(27,28)29)12-17-19(16)31-22(32(2)20(17)34)33-9-7-23(25,26)8-10-33/h3-5,11-13,18,30H,6-10H2,1-2H3,(H,35,36)/t13-,18?/m1/s1. The van der Waals surface area contributed by atoms with Gasteiger partial charge in [0, 0.05) is 45.1 Å². The third kappa shape index (κ3) is 4.99. The zero-order valence-corrected chi connectivity index (χ0v) is 19.6. The molecule has 194 valence electrons. The van der Waals surface area contributed by atoms with E-state index in [1.165, 1.54) is 18.0 Å². The van der Waals surface area contributed by atoms with Gasteiger partial charge in [-0.15, -0.1) is 0 Å². The fourth-order valence-electron chi connectivity index (χ4n) is 4.60. The number of benzene rings is 1. The van der Waals surface area contributed by atoms with Crippen LogP contribution in [-0.2, 0) is 18.0 Å². The van der Waals surface area contributed by atoms with Crippen molar-refractivity contribution >= 4 is 22.8 Å². The Hall–Kier alpha value is -3.28. The Morgan fingerprint density at radius 2 is 1.92 bits per heavy atom. The highest BCUT2D eigenvalue weighted by Gasteiger charge is 2.36. The highest BCUT2D eigenvalue weighted by Crippen LogP contribution is 2.36. The molecule has 0 radical (unpaired) electrons. The molecule has 2 N–H and O–H groups in total. The highest BCUT2D eigenvalue weighted by molar-refractivity contribution is 5.89. The maximum absolute atomic E-state index is 13.7. The topological polar surface area (TPSA) is 87.5 Å². The number of alkyl halides is 5. The lowest BCUT2D eigenvalue weighted by atomic mass is 9.95. The minimum absolute atomic E-state index is 0.00522. The zero-order chi connectivity index (χ0) is 26.4. The molecule has 1 saturated heterocycles. The second-order valence-corrected chi connectivity index (χ2v) is 9.11. The maximum Gasteiger partial charge on any atom is 0.416 e. The van der Waals surface area contributed by atoms with E-state index in [-0.39, 0.29) is 41.1 Å². The van der Waals surface area contributed by atoms with Gasteiger partial charge in [0.2, 0.25) is 5.95 Å². The van der Waals surface area contributed by atoms with E-state index in [4.69, 9.17) is 0 Å². The molecule has 1 aromatic heterocycles. The van der Waals surface area contributed by atoms with Crippen molar-refractivity contribution in [2.24, 2.45) is 7.05 Å². The Kier molecular flexibility index (Phi) is 6.67. The lowest BCUT2D eigenvalue weighted by Crippen LogP contribution is -2.42. The van der Waals surface area contributed by atoms with Crippen molar-refractivity contribution in [1.29, 1.82) is 0 Å². The third-order valence-electron chi connectivity index (χ3n) is 6.62. The molecule has 1 unspecified atom stereocenters. The fraction of sp³-hybridized carbons (Fsp3) is 0.458. The number of aliphatic carboxylic acids is 1. The Morgan fingerprint density at radius 1 is 1.25 bits per heavy atom. The van der Waals surface area contributed by atoms with Gasteiger partial charge in [0.05, 0.1) is 22.0 Å². The molecule has 12 heteroatoms. The number of anilines is 1. The molecular formula is C24H25F5N4O3. The van der Waals surface area contributed by atoms with Crippen LogP contribution in [0.3, 0.4) is 0 Å². The molecule has 1 aliphatic carbocycles. The van der Waals surface area contributed by atoms with Gasteiger partial charge >= 0.3 is 12.1 Å². The Bertz CT molecular complexity index is 1310. The van der Waals surface area contributed by atoms with Crippen molar-refractivity contribution in [3.8, 4) is 0 Å². The first kappa shape index (κ1) is 25.8. The molecule has 2 aromatic rings. The molecule has 1 aliphatic heterocycles. The van der Waals surface area contributed by atoms with Crippen molar-refractivity contribution in [1.82, 2.24) is 14.9 Å². The monoisotopic (exact) mass is 512 g/mol. The number of nitrogens with one attached hydrogen (secondary N) is 1. The second-order valence-electron chi connectivity index (χ2n) is 9.11. The van der Waals surface area contributed by atoms with E-state index in [1.54, 1.807) is 19.1 Å². The summed E-state index contributed by atoms with van der Waals surface area (Å²) in [5, 5.41) is 12.3. The van der Waals surface area contributed by atoms with Crippen LogP contribution in [-0.4, -0.2) is 45.7 Å². The first-order valence-corrected chi connectivity index (χ1v) is 11.4. The molecule has 0 bridgehead atoms. The van der Waals surface area contributed by atoms with Gasteiger partial charge in [-0.05, 0) is 31.0 Å². The molecule has 0 spiro atoms. The van der Waals surface area contributed by atoms with Crippen LogP contribution in [0.2, 0.25) is 0 Å². The first-order chi connectivity index (χ1) is 16.8. The largest absolute Gasteiger partial charge is 0.478 e. The molecule has 1 fully saturated rings. The van der Waals surface area contributed by atoms with Gasteiger partial charge in [-0.3, -0.25) is 9.36 Å². The second kappa shape index (κ2) is 9.30. The van der Waals surface area contributed by atoms with Crippen molar-refractivity contribution < 1.29 is 31.9 Å². The number of carboxylic acid groups (broad SMARTS) is 1. The fourth-order valence-corrected chi connectivity index (χ4v) is 4.60. The van der Waals surface area contributed by atoms with Gasteiger partial charge in [-0.25, -0.2) is 18.6 Å². The van der Waals surface area contributed by atoms with E-state index in [0.29, 0.717) is 6.42 Å². The van der Waals surface area contributed by atoms with Gasteiger partial charge < -0.3 is 15.3 Å². The Morgan fingerprint density at radius 3 is 2.53 bits per heavy atom. The number of carbonyl (C=O) groups is 1. The zero-order valence-electron chi connectivity index (χ0n) is 19.6. The smallest absolute Gasteiger partial charge is 0.416 e.